The number of ether oxygens (including phenoxy) is 2. The molecular formula is C46H38N2O2. The van der Waals surface area contributed by atoms with Crippen molar-refractivity contribution in [2.24, 2.45) is 9.98 Å². The van der Waals surface area contributed by atoms with Crippen LogP contribution >= 0.6 is 0 Å². The lowest BCUT2D eigenvalue weighted by Crippen LogP contribution is -2.31. The van der Waals surface area contributed by atoms with Crippen molar-refractivity contribution in [2.75, 3.05) is 13.2 Å². The van der Waals surface area contributed by atoms with Crippen LogP contribution in [0, 0.1) is 10.4 Å². The Bertz CT molecular complexity index is 2190. The first-order valence-corrected chi connectivity index (χ1v) is 17.3. The molecule has 0 aromatic heterocycles. The highest BCUT2D eigenvalue weighted by Gasteiger charge is 2.37. The van der Waals surface area contributed by atoms with Crippen LogP contribution in [0.2, 0.25) is 0 Å². The zero-order valence-corrected chi connectivity index (χ0v) is 28.3. The van der Waals surface area contributed by atoms with Gasteiger partial charge in [-0.15, -0.1) is 0 Å². The van der Waals surface area contributed by atoms with Crippen LogP contribution < -0.4 is 10.7 Å². The summed E-state index contributed by atoms with van der Waals surface area (Å²) < 4.78 is 12.8. The van der Waals surface area contributed by atoms with Crippen LogP contribution in [0.4, 0.5) is 0 Å². The predicted molar refractivity (Wildman–Crippen MR) is 199 cm³/mol. The number of hydrogen-bond acceptors (Lipinski definition) is 4. The molecule has 0 spiro atoms. The lowest BCUT2D eigenvalue weighted by atomic mass is 9.80. The topological polar surface area (TPSA) is 43.2 Å². The van der Waals surface area contributed by atoms with E-state index in [0.717, 1.165) is 66.1 Å². The maximum atomic E-state index is 6.40. The predicted octanol–water partition coefficient (Wildman–Crippen LogP) is 8.88. The van der Waals surface area contributed by atoms with Gasteiger partial charge in [0.2, 0.25) is 0 Å². The Labute approximate surface area is 292 Å². The van der Waals surface area contributed by atoms with Crippen molar-refractivity contribution >= 4 is 11.5 Å². The summed E-state index contributed by atoms with van der Waals surface area (Å²) in [4.78, 5) is 10.9. The fraction of sp³-hybridized carbons (Fsp3) is 0.130. The van der Waals surface area contributed by atoms with E-state index >= 15 is 0 Å². The average Bonchev–Trinajstić information content (AvgIpc) is 3.19. The highest BCUT2D eigenvalue weighted by Crippen LogP contribution is 2.41. The normalized spacial score (nSPS) is 16.0. The number of nitrogens with zero attached hydrogens (tertiary/aromatic N) is 2. The van der Waals surface area contributed by atoms with Gasteiger partial charge in [0, 0.05) is 11.1 Å². The molecule has 244 valence electrons. The van der Waals surface area contributed by atoms with Crippen molar-refractivity contribution in [3.63, 3.8) is 0 Å². The van der Waals surface area contributed by atoms with E-state index in [4.69, 9.17) is 19.5 Å². The Morgan fingerprint density at radius 1 is 0.420 bits per heavy atom. The minimum absolute atomic E-state index is 0.544. The van der Waals surface area contributed by atoms with Gasteiger partial charge >= 0.3 is 0 Å². The molecule has 50 heavy (non-hydrogen) atoms. The molecule has 2 aliphatic heterocycles. The Morgan fingerprint density at radius 2 is 0.740 bits per heavy atom. The van der Waals surface area contributed by atoms with E-state index in [1.165, 1.54) is 0 Å². The van der Waals surface area contributed by atoms with E-state index in [1.807, 2.05) is 38.1 Å². The number of rotatable bonds is 8. The molecular weight excluding hydrogens is 613 g/mol. The Hall–Kier alpha value is -6.00. The van der Waals surface area contributed by atoms with E-state index in [1.54, 1.807) is 0 Å². The summed E-state index contributed by atoms with van der Waals surface area (Å²) in [7, 11) is 0. The lowest BCUT2D eigenvalue weighted by Gasteiger charge is -2.32. The molecule has 0 aliphatic carbocycles. The summed E-state index contributed by atoms with van der Waals surface area (Å²) in [6, 6.07) is 54.8. The van der Waals surface area contributed by atoms with Gasteiger partial charge in [-0.3, -0.25) is 9.98 Å². The van der Waals surface area contributed by atoms with E-state index < -0.39 is 11.1 Å². The van der Waals surface area contributed by atoms with Gasteiger partial charge < -0.3 is 9.47 Å². The maximum Gasteiger partial charge on any atom is 0.133 e. The van der Waals surface area contributed by atoms with Crippen molar-refractivity contribution in [3.05, 3.63) is 224 Å². The molecule has 0 N–H and O–H groups in total. The van der Waals surface area contributed by atoms with Crippen LogP contribution in [0.15, 0.2) is 180 Å². The Balaban J connectivity index is 1.34. The quantitative estimate of drug-likeness (QED) is 0.165. The number of benzene rings is 6. The average molecular weight is 651 g/mol. The molecule has 4 heteroatoms. The van der Waals surface area contributed by atoms with E-state index in [0.29, 0.717) is 13.2 Å². The van der Waals surface area contributed by atoms with Crippen molar-refractivity contribution < 1.29 is 9.47 Å². The van der Waals surface area contributed by atoms with Crippen LogP contribution in [0.1, 0.15) is 47.2 Å². The highest BCUT2D eigenvalue weighted by molar-refractivity contribution is 5.68. The molecule has 0 fully saturated rings. The summed E-state index contributed by atoms with van der Waals surface area (Å²) >= 11 is 0. The molecule has 0 unspecified atom stereocenters. The first-order valence-electron chi connectivity index (χ1n) is 17.3. The highest BCUT2D eigenvalue weighted by atomic mass is 16.5. The van der Waals surface area contributed by atoms with Gasteiger partial charge in [-0.1, -0.05) is 133 Å². The Morgan fingerprint density at radius 3 is 1.04 bits per heavy atom. The van der Waals surface area contributed by atoms with Crippen molar-refractivity contribution in [3.8, 4) is 0 Å². The molecule has 4 nitrogen and oxygen atoms in total. The molecule has 6 aromatic rings. The molecule has 8 rings (SSSR count). The standard InChI is InChI=1S/C46H38N2O2/c1-3-49-43-31-45(35-17-9-5-10-18-35,36-19-11-6-12-20-36)47-41-27-25-33(29-39(41)43)34-26-28-42-40(30-34)44(50-4-2)32-46(48-42,37-21-13-7-14-22-37)38-23-15-8-16-24-38/h5-32H,3-4H2,1-2H3/b34-33+. The SMILES string of the molecule is CCOC1=CC(c2ccccc2)(c2ccccc2)N=c2cc/c(=c3/ccc4c(c3)C(OCC)=CC(c3ccccc3)(c3ccccc3)N=4)cc21. The second-order valence-corrected chi connectivity index (χ2v) is 12.6. The fourth-order valence-electron chi connectivity index (χ4n) is 7.24. The maximum absolute atomic E-state index is 6.40. The van der Waals surface area contributed by atoms with Gasteiger partial charge in [0.05, 0.1) is 23.9 Å². The summed E-state index contributed by atoms with van der Waals surface area (Å²) in [6.07, 6.45) is 4.36. The summed E-state index contributed by atoms with van der Waals surface area (Å²) in [6.45, 7) is 5.15. The molecule has 0 saturated heterocycles. The van der Waals surface area contributed by atoms with Crippen molar-refractivity contribution in [2.45, 2.75) is 24.9 Å². The zero-order chi connectivity index (χ0) is 34.0. The third-order valence-corrected chi connectivity index (χ3v) is 9.59. The summed E-state index contributed by atoms with van der Waals surface area (Å²) in [5, 5.41) is 3.92. The monoisotopic (exact) mass is 650 g/mol. The fourth-order valence-corrected chi connectivity index (χ4v) is 7.24. The van der Waals surface area contributed by atoms with Gasteiger partial charge in [0.25, 0.3) is 0 Å². The smallest absolute Gasteiger partial charge is 0.133 e. The molecule has 0 radical (unpaired) electrons. The van der Waals surface area contributed by atoms with Gasteiger partial charge in [-0.25, -0.2) is 0 Å². The molecule has 2 heterocycles. The first-order chi connectivity index (χ1) is 24.6. The van der Waals surface area contributed by atoms with E-state index in [2.05, 4.69) is 146 Å². The van der Waals surface area contributed by atoms with Crippen molar-refractivity contribution in [1.82, 2.24) is 0 Å². The summed E-state index contributed by atoms with van der Waals surface area (Å²) in [5.74, 6) is 1.65. The van der Waals surface area contributed by atoms with Gasteiger partial charge in [0.15, 0.2) is 0 Å². The third kappa shape index (κ3) is 5.43. The van der Waals surface area contributed by atoms with Crippen LogP contribution in [0.5, 0.6) is 0 Å². The second kappa shape index (κ2) is 13.1. The van der Waals surface area contributed by atoms with Crippen LogP contribution in [0.25, 0.3) is 11.5 Å². The summed E-state index contributed by atoms with van der Waals surface area (Å²) in [5.41, 5.74) is 4.89. The number of fused-ring (bicyclic) bond motifs is 2. The van der Waals surface area contributed by atoms with Crippen LogP contribution in [-0.4, -0.2) is 13.2 Å². The van der Waals surface area contributed by atoms with E-state index in [-0.39, 0.29) is 0 Å². The van der Waals surface area contributed by atoms with Gasteiger partial charge in [-0.2, -0.15) is 0 Å². The minimum Gasteiger partial charge on any atom is -0.493 e. The number of hydrogen-bond donors (Lipinski definition) is 0. The van der Waals surface area contributed by atoms with E-state index in [9.17, 15) is 0 Å². The third-order valence-electron chi connectivity index (χ3n) is 9.59. The van der Waals surface area contributed by atoms with Crippen LogP contribution in [-0.2, 0) is 20.6 Å². The lowest BCUT2D eigenvalue weighted by molar-refractivity contribution is 0.293. The van der Waals surface area contributed by atoms with Gasteiger partial charge in [-0.05, 0) is 83.0 Å². The minimum atomic E-state index is -0.712. The van der Waals surface area contributed by atoms with Crippen LogP contribution in [0.3, 0.4) is 0 Å². The zero-order valence-electron chi connectivity index (χ0n) is 28.3. The largest absolute Gasteiger partial charge is 0.493 e. The molecule has 2 aliphatic rings. The first kappa shape index (κ1) is 31.3. The molecule has 6 aromatic carbocycles. The second-order valence-electron chi connectivity index (χ2n) is 12.6. The molecule has 0 atom stereocenters. The Kier molecular flexibility index (Phi) is 8.22. The molecule has 0 saturated carbocycles. The molecule has 0 amide bonds. The van der Waals surface area contributed by atoms with Gasteiger partial charge in [0.1, 0.15) is 22.6 Å². The van der Waals surface area contributed by atoms with Crippen molar-refractivity contribution in [1.29, 1.82) is 0 Å². The molecule has 0 bridgehead atoms.